The molecule has 1 aromatic carbocycles. The number of aryl methyl sites for hydroxylation is 1. The third-order valence-corrected chi connectivity index (χ3v) is 2.94. The van der Waals surface area contributed by atoms with E-state index in [1.807, 2.05) is 0 Å². The highest BCUT2D eigenvalue weighted by Crippen LogP contribution is 2.18. The first-order valence-corrected chi connectivity index (χ1v) is 5.69. The third-order valence-electron chi connectivity index (χ3n) is 2.32. The second-order valence-electron chi connectivity index (χ2n) is 3.45. The summed E-state index contributed by atoms with van der Waals surface area (Å²) in [4.78, 5) is 0. The molecule has 0 spiro atoms. The van der Waals surface area contributed by atoms with Crippen LogP contribution < -0.4 is 5.43 Å². The van der Waals surface area contributed by atoms with Gasteiger partial charge < -0.3 is 5.43 Å². The summed E-state index contributed by atoms with van der Waals surface area (Å²) >= 11 is 10.9. The van der Waals surface area contributed by atoms with Crippen molar-refractivity contribution >= 4 is 23.8 Å². The Labute approximate surface area is 107 Å². The molecule has 2 rings (SSSR count). The number of aromatic amines is 1. The molecule has 0 saturated heterocycles. The molecule has 2 N–H and O–H groups in total. The number of benzene rings is 1. The zero-order chi connectivity index (χ0) is 12.4. The fourth-order valence-electron chi connectivity index (χ4n) is 1.42. The van der Waals surface area contributed by atoms with Crippen LogP contribution >= 0.6 is 23.8 Å². The van der Waals surface area contributed by atoms with Crippen LogP contribution in [0, 0.1) is 17.5 Å². The third kappa shape index (κ3) is 2.48. The topological polar surface area (TPSA) is 45.6 Å². The van der Waals surface area contributed by atoms with Gasteiger partial charge in [-0.3, -0.25) is 5.10 Å². The molecule has 17 heavy (non-hydrogen) atoms. The maximum atomic E-state index is 13.5. The van der Waals surface area contributed by atoms with Gasteiger partial charge in [0.2, 0.25) is 4.77 Å². The smallest absolute Gasteiger partial charge is 0.214 e. The molecule has 0 fully saturated rings. The Hall–Kier alpha value is -1.40. The van der Waals surface area contributed by atoms with Crippen molar-refractivity contribution < 1.29 is 4.39 Å². The van der Waals surface area contributed by atoms with Gasteiger partial charge in [0.05, 0.1) is 6.54 Å². The highest BCUT2D eigenvalue weighted by molar-refractivity contribution is 7.71. The lowest BCUT2D eigenvalue weighted by atomic mass is 10.2. The summed E-state index contributed by atoms with van der Waals surface area (Å²) in [6.45, 7) is 2.02. The fraction of sp³-hybridized carbons (Fsp3) is 0.200. The number of hydrogen-bond acceptors (Lipinski definition) is 3. The summed E-state index contributed by atoms with van der Waals surface area (Å²) in [5.74, 6) is 0.320. The lowest BCUT2D eigenvalue weighted by Gasteiger charge is -2.10. The molecule has 0 bridgehead atoms. The molecule has 1 aromatic heterocycles. The highest BCUT2D eigenvalue weighted by atomic mass is 35.5. The van der Waals surface area contributed by atoms with E-state index in [4.69, 9.17) is 23.8 Å². The largest absolute Gasteiger partial charge is 0.318 e. The SMILES string of the molecule is Cc1n[nH]c(=S)n1NCc1c(F)cccc1Cl. The van der Waals surface area contributed by atoms with Crippen LogP contribution in [0.2, 0.25) is 5.02 Å². The molecular formula is C10H10ClFN4S. The molecule has 2 aromatic rings. The van der Waals surface area contributed by atoms with E-state index in [-0.39, 0.29) is 12.4 Å². The second kappa shape index (κ2) is 4.85. The zero-order valence-electron chi connectivity index (χ0n) is 9.00. The van der Waals surface area contributed by atoms with Crippen molar-refractivity contribution in [1.29, 1.82) is 0 Å². The second-order valence-corrected chi connectivity index (χ2v) is 4.24. The minimum atomic E-state index is -0.349. The van der Waals surface area contributed by atoms with Crippen molar-refractivity contribution in [3.63, 3.8) is 0 Å². The lowest BCUT2D eigenvalue weighted by Crippen LogP contribution is -2.17. The Morgan fingerprint density at radius 3 is 2.94 bits per heavy atom. The van der Waals surface area contributed by atoms with Crippen LogP contribution in [0.5, 0.6) is 0 Å². The van der Waals surface area contributed by atoms with Crippen molar-refractivity contribution in [2.75, 3.05) is 5.43 Å². The summed E-state index contributed by atoms with van der Waals surface area (Å²) in [5, 5.41) is 6.94. The van der Waals surface area contributed by atoms with Crippen LogP contribution in [-0.4, -0.2) is 14.9 Å². The number of H-pyrrole nitrogens is 1. The summed E-state index contributed by atoms with van der Waals surface area (Å²) in [7, 11) is 0. The molecular weight excluding hydrogens is 263 g/mol. The van der Waals surface area contributed by atoms with Crippen molar-refractivity contribution in [3.8, 4) is 0 Å². The molecule has 0 radical (unpaired) electrons. The van der Waals surface area contributed by atoms with Gasteiger partial charge in [0, 0.05) is 10.6 Å². The van der Waals surface area contributed by atoms with E-state index < -0.39 is 0 Å². The molecule has 7 heteroatoms. The van der Waals surface area contributed by atoms with E-state index in [2.05, 4.69) is 15.6 Å². The van der Waals surface area contributed by atoms with E-state index in [0.29, 0.717) is 21.2 Å². The zero-order valence-corrected chi connectivity index (χ0v) is 10.6. The number of halogens is 2. The summed E-state index contributed by atoms with van der Waals surface area (Å²) < 4.78 is 15.5. The number of nitrogens with one attached hydrogen (secondary N) is 2. The van der Waals surface area contributed by atoms with E-state index in [1.165, 1.54) is 6.07 Å². The molecule has 0 amide bonds. The molecule has 0 atom stereocenters. The number of hydrogen-bond donors (Lipinski definition) is 2. The average molecular weight is 273 g/mol. The van der Waals surface area contributed by atoms with E-state index in [9.17, 15) is 4.39 Å². The van der Waals surface area contributed by atoms with Gasteiger partial charge in [0.15, 0.2) is 0 Å². The molecule has 0 aliphatic carbocycles. The van der Waals surface area contributed by atoms with E-state index in [1.54, 1.807) is 23.7 Å². The Morgan fingerprint density at radius 1 is 1.59 bits per heavy atom. The van der Waals surface area contributed by atoms with E-state index >= 15 is 0 Å². The van der Waals surface area contributed by atoms with Gasteiger partial charge in [-0.05, 0) is 31.3 Å². The molecule has 1 heterocycles. The Morgan fingerprint density at radius 2 is 2.35 bits per heavy atom. The van der Waals surface area contributed by atoms with Crippen molar-refractivity contribution in [2.45, 2.75) is 13.5 Å². The first-order valence-electron chi connectivity index (χ1n) is 4.90. The molecule has 0 aliphatic heterocycles. The van der Waals surface area contributed by atoms with Crippen LogP contribution in [0.25, 0.3) is 0 Å². The summed E-state index contributed by atoms with van der Waals surface area (Å²) in [6, 6.07) is 4.57. The van der Waals surface area contributed by atoms with Gasteiger partial charge >= 0.3 is 0 Å². The van der Waals surface area contributed by atoms with Gasteiger partial charge in [-0.2, -0.15) is 5.10 Å². The molecule has 0 aliphatic rings. The number of aromatic nitrogens is 3. The van der Waals surface area contributed by atoms with Crippen molar-refractivity contribution in [2.24, 2.45) is 0 Å². The van der Waals surface area contributed by atoms with E-state index in [0.717, 1.165) is 0 Å². The number of rotatable bonds is 3. The normalized spacial score (nSPS) is 10.5. The quantitative estimate of drug-likeness (QED) is 0.845. The highest BCUT2D eigenvalue weighted by Gasteiger charge is 2.07. The maximum absolute atomic E-state index is 13.5. The average Bonchev–Trinajstić information content (AvgIpc) is 2.59. The van der Waals surface area contributed by atoms with Gasteiger partial charge in [-0.1, -0.05) is 17.7 Å². The Balaban J connectivity index is 2.21. The minimum Gasteiger partial charge on any atom is -0.318 e. The summed E-state index contributed by atoms with van der Waals surface area (Å²) in [5.41, 5.74) is 3.35. The first kappa shape index (κ1) is 12.1. The Bertz CT molecular complexity index is 572. The minimum absolute atomic E-state index is 0.236. The van der Waals surface area contributed by atoms with Gasteiger partial charge in [0.1, 0.15) is 11.6 Å². The van der Waals surface area contributed by atoms with Crippen molar-refractivity contribution in [3.05, 3.63) is 45.2 Å². The van der Waals surface area contributed by atoms with Crippen molar-refractivity contribution in [1.82, 2.24) is 14.9 Å². The van der Waals surface area contributed by atoms with Gasteiger partial charge in [-0.25, -0.2) is 9.07 Å². The molecule has 0 unspecified atom stereocenters. The molecule has 4 nitrogen and oxygen atoms in total. The monoisotopic (exact) mass is 272 g/mol. The van der Waals surface area contributed by atoms with Gasteiger partial charge in [0.25, 0.3) is 0 Å². The maximum Gasteiger partial charge on any atom is 0.214 e. The van der Waals surface area contributed by atoms with Gasteiger partial charge in [-0.15, -0.1) is 0 Å². The van der Waals surface area contributed by atoms with Crippen LogP contribution in [0.3, 0.4) is 0 Å². The standard InChI is InChI=1S/C10H10ClFN4S/c1-6-14-15-10(17)16(6)13-5-7-8(11)3-2-4-9(7)12/h2-4,13H,5H2,1H3,(H,15,17). The predicted octanol–water partition coefficient (Wildman–Crippen LogP) is 2.79. The van der Waals surface area contributed by atoms with Crippen LogP contribution in [0.4, 0.5) is 4.39 Å². The van der Waals surface area contributed by atoms with Crippen LogP contribution in [0.1, 0.15) is 11.4 Å². The summed E-state index contributed by atoms with van der Waals surface area (Å²) in [6.07, 6.45) is 0. The van der Waals surface area contributed by atoms with Crippen LogP contribution in [-0.2, 0) is 6.54 Å². The fourth-order valence-corrected chi connectivity index (χ4v) is 1.89. The molecule has 0 saturated carbocycles. The number of nitrogens with zero attached hydrogens (tertiary/aromatic N) is 2. The predicted molar refractivity (Wildman–Crippen MR) is 66.6 cm³/mol. The lowest BCUT2D eigenvalue weighted by molar-refractivity contribution is 0.607. The Kier molecular flexibility index (Phi) is 3.44. The molecule has 90 valence electrons. The van der Waals surface area contributed by atoms with Crippen LogP contribution in [0.15, 0.2) is 18.2 Å². The first-order chi connectivity index (χ1) is 8.09.